The van der Waals surface area contributed by atoms with Crippen LogP contribution in [0, 0.1) is 0 Å². The number of rotatable bonds is 6. The predicted molar refractivity (Wildman–Crippen MR) is 91.5 cm³/mol. The molecule has 2 aromatic heterocycles. The van der Waals surface area contributed by atoms with Crippen molar-refractivity contribution in [2.75, 3.05) is 13.1 Å². The van der Waals surface area contributed by atoms with Crippen molar-refractivity contribution in [2.45, 2.75) is 46.2 Å². The Balaban J connectivity index is 1.84. The number of carbonyl (C=O) groups excluding carboxylic acids is 1. The van der Waals surface area contributed by atoms with Crippen molar-refractivity contribution in [1.29, 1.82) is 0 Å². The van der Waals surface area contributed by atoms with Crippen molar-refractivity contribution in [2.24, 2.45) is 7.05 Å². The zero-order chi connectivity index (χ0) is 17.1. The van der Waals surface area contributed by atoms with E-state index in [-0.39, 0.29) is 6.03 Å². The van der Waals surface area contributed by atoms with Gasteiger partial charge in [0.15, 0.2) is 0 Å². The molecule has 130 valence electrons. The van der Waals surface area contributed by atoms with Gasteiger partial charge in [-0.15, -0.1) is 0 Å². The highest BCUT2D eigenvalue weighted by molar-refractivity contribution is 5.74. The monoisotopic (exact) mass is 330 g/mol. The van der Waals surface area contributed by atoms with E-state index in [9.17, 15) is 4.79 Å². The quantitative estimate of drug-likeness (QED) is 0.818. The zero-order valence-corrected chi connectivity index (χ0v) is 14.8. The number of hydrogen-bond donors (Lipinski definition) is 0. The molecule has 2 amide bonds. The van der Waals surface area contributed by atoms with E-state index < -0.39 is 0 Å². The minimum Gasteiger partial charge on any atom is -0.467 e. The van der Waals surface area contributed by atoms with Gasteiger partial charge in [-0.2, -0.15) is 5.10 Å². The Bertz CT molecular complexity index is 686. The minimum absolute atomic E-state index is 0.0359. The summed E-state index contributed by atoms with van der Waals surface area (Å²) in [6.45, 7) is 6.40. The van der Waals surface area contributed by atoms with Crippen LogP contribution in [0.5, 0.6) is 0 Å². The first kappa shape index (κ1) is 16.6. The molecule has 2 heterocycles. The lowest BCUT2D eigenvalue weighted by Gasteiger charge is -2.28. The Labute approximate surface area is 143 Å². The average Bonchev–Trinajstić information content (AvgIpc) is 3.29. The molecule has 6 nitrogen and oxygen atoms in total. The highest BCUT2D eigenvalue weighted by atomic mass is 16.3. The van der Waals surface area contributed by atoms with Crippen molar-refractivity contribution < 1.29 is 9.21 Å². The number of carbonyl (C=O) groups is 1. The zero-order valence-electron chi connectivity index (χ0n) is 14.8. The van der Waals surface area contributed by atoms with E-state index in [4.69, 9.17) is 4.42 Å². The Morgan fingerprint density at radius 1 is 1.25 bits per heavy atom. The molecule has 0 saturated carbocycles. The summed E-state index contributed by atoms with van der Waals surface area (Å²) in [6.07, 6.45) is 4.97. The SMILES string of the molecule is CCN(CC)C(=O)N(Cc1ccco1)Cc1nn(C)c2c1CCC2. The first-order chi connectivity index (χ1) is 11.6. The van der Waals surface area contributed by atoms with E-state index in [1.165, 1.54) is 17.7 Å². The van der Waals surface area contributed by atoms with Crippen molar-refractivity contribution in [3.05, 3.63) is 41.1 Å². The maximum absolute atomic E-state index is 12.9. The summed E-state index contributed by atoms with van der Waals surface area (Å²) in [7, 11) is 2.00. The molecule has 0 bridgehead atoms. The molecule has 1 aliphatic rings. The lowest BCUT2D eigenvalue weighted by molar-refractivity contribution is 0.147. The first-order valence-electron chi connectivity index (χ1n) is 8.73. The van der Waals surface area contributed by atoms with Crippen LogP contribution in [0.1, 0.15) is 43.0 Å². The number of aryl methyl sites for hydroxylation is 1. The number of aromatic nitrogens is 2. The van der Waals surface area contributed by atoms with Crippen LogP contribution in [0.3, 0.4) is 0 Å². The number of nitrogens with zero attached hydrogens (tertiary/aromatic N) is 4. The van der Waals surface area contributed by atoms with Gasteiger partial charge in [-0.05, 0) is 50.8 Å². The molecule has 6 heteroatoms. The molecule has 0 aliphatic heterocycles. The predicted octanol–water partition coefficient (Wildman–Crippen LogP) is 2.97. The van der Waals surface area contributed by atoms with E-state index in [0.29, 0.717) is 26.2 Å². The number of amides is 2. The van der Waals surface area contributed by atoms with Gasteiger partial charge >= 0.3 is 6.03 Å². The summed E-state index contributed by atoms with van der Waals surface area (Å²) in [6, 6.07) is 3.80. The van der Waals surface area contributed by atoms with E-state index in [2.05, 4.69) is 5.10 Å². The maximum Gasteiger partial charge on any atom is 0.320 e. The highest BCUT2D eigenvalue weighted by Gasteiger charge is 2.26. The minimum atomic E-state index is 0.0359. The number of urea groups is 1. The second-order valence-electron chi connectivity index (χ2n) is 6.24. The third-order valence-corrected chi connectivity index (χ3v) is 4.77. The van der Waals surface area contributed by atoms with Gasteiger partial charge in [0, 0.05) is 25.8 Å². The molecule has 0 spiro atoms. The van der Waals surface area contributed by atoms with Crippen molar-refractivity contribution in [3.8, 4) is 0 Å². The summed E-state index contributed by atoms with van der Waals surface area (Å²) in [5.41, 5.74) is 3.67. The van der Waals surface area contributed by atoms with Crippen LogP contribution in [0.2, 0.25) is 0 Å². The standard InChI is InChI=1S/C18H26N4O2/c1-4-21(5-2)18(23)22(12-14-8-7-11-24-14)13-16-15-9-6-10-17(15)20(3)19-16/h7-8,11H,4-6,9-10,12-13H2,1-3H3. The molecule has 3 rings (SSSR count). The first-order valence-corrected chi connectivity index (χ1v) is 8.73. The largest absolute Gasteiger partial charge is 0.467 e. The molecule has 0 N–H and O–H groups in total. The normalized spacial score (nSPS) is 13.1. The van der Waals surface area contributed by atoms with Crippen LogP contribution < -0.4 is 0 Å². The van der Waals surface area contributed by atoms with Crippen molar-refractivity contribution in [3.63, 3.8) is 0 Å². The summed E-state index contributed by atoms with van der Waals surface area (Å²) < 4.78 is 7.44. The molecule has 0 atom stereocenters. The Kier molecular flexibility index (Phi) is 4.92. The van der Waals surface area contributed by atoms with Crippen LogP contribution in [0.25, 0.3) is 0 Å². The number of furan rings is 1. The summed E-state index contributed by atoms with van der Waals surface area (Å²) in [5.74, 6) is 0.795. The molecule has 0 radical (unpaired) electrons. The summed E-state index contributed by atoms with van der Waals surface area (Å²) >= 11 is 0. The Morgan fingerprint density at radius 3 is 2.71 bits per heavy atom. The van der Waals surface area contributed by atoms with E-state index in [1.807, 2.05) is 47.5 Å². The topological polar surface area (TPSA) is 54.5 Å². The van der Waals surface area contributed by atoms with Crippen LogP contribution in [-0.4, -0.2) is 38.7 Å². The fourth-order valence-corrected chi connectivity index (χ4v) is 3.48. The number of hydrogen-bond acceptors (Lipinski definition) is 3. The van der Waals surface area contributed by atoms with Gasteiger partial charge in [0.2, 0.25) is 0 Å². The molecule has 0 saturated heterocycles. The molecule has 0 fully saturated rings. The Hall–Kier alpha value is -2.24. The fraction of sp³-hybridized carbons (Fsp3) is 0.556. The Morgan fingerprint density at radius 2 is 2.04 bits per heavy atom. The fourth-order valence-electron chi connectivity index (χ4n) is 3.48. The molecular formula is C18H26N4O2. The van der Waals surface area contributed by atoms with E-state index in [0.717, 1.165) is 24.3 Å². The highest BCUT2D eigenvalue weighted by Crippen LogP contribution is 2.26. The molecule has 1 aliphatic carbocycles. The molecule has 0 aromatic carbocycles. The van der Waals surface area contributed by atoms with Crippen molar-refractivity contribution >= 4 is 6.03 Å². The van der Waals surface area contributed by atoms with Crippen LogP contribution in [0.15, 0.2) is 22.8 Å². The van der Waals surface area contributed by atoms with Gasteiger partial charge < -0.3 is 14.2 Å². The maximum atomic E-state index is 12.9. The van der Waals surface area contributed by atoms with Gasteiger partial charge in [0.1, 0.15) is 5.76 Å². The van der Waals surface area contributed by atoms with Crippen LogP contribution in [-0.2, 0) is 33.0 Å². The molecular weight excluding hydrogens is 304 g/mol. The summed E-state index contributed by atoms with van der Waals surface area (Å²) in [4.78, 5) is 16.6. The summed E-state index contributed by atoms with van der Waals surface area (Å²) in [5, 5.41) is 4.67. The van der Waals surface area contributed by atoms with Crippen molar-refractivity contribution in [1.82, 2.24) is 19.6 Å². The lowest BCUT2D eigenvalue weighted by atomic mass is 10.2. The smallest absolute Gasteiger partial charge is 0.320 e. The van der Waals surface area contributed by atoms with E-state index >= 15 is 0 Å². The van der Waals surface area contributed by atoms with Gasteiger partial charge in [-0.1, -0.05) is 0 Å². The second kappa shape index (κ2) is 7.11. The second-order valence-corrected chi connectivity index (χ2v) is 6.24. The van der Waals surface area contributed by atoms with E-state index in [1.54, 1.807) is 6.26 Å². The molecule has 2 aromatic rings. The van der Waals surface area contributed by atoms with Gasteiger partial charge in [0.25, 0.3) is 0 Å². The van der Waals surface area contributed by atoms with Crippen LogP contribution >= 0.6 is 0 Å². The van der Waals surface area contributed by atoms with Gasteiger partial charge in [0.05, 0.1) is 25.0 Å². The van der Waals surface area contributed by atoms with Gasteiger partial charge in [-0.25, -0.2) is 4.79 Å². The lowest BCUT2D eigenvalue weighted by Crippen LogP contribution is -2.42. The molecule has 0 unspecified atom stereocenters. The third kappa shape index (κ3) is 3.18. The van der Waals surface area contributed by atoms with Crippen LogP contribution in [0.4, 0.5) is 4.79 Å². The average molecular weight is 330 g/mol. The van der Waals surface area contributed by atoms with Gasteiger partial charge in [-0.3, -0.25) is 4.68 Å². The molecule has 24 heavy (non-hydrogen) atoms. The number of fused-ring (bicyclic) bond motifs is 1. The third-order valence-electron chi connectivity index (χ3n) is 4.77.